The number of hydrogen-bond acceptors (Lipinski definition) is 4. The summed E-state index contributed by atoms with van der Waals surface area (Å²) in [7, 11) is 0. The summed E-state index contributed by atoms with van der Waals surface area (Å²) in [5, 5.41) is 0. The Morgan fingerprint density at radius 3 is 1.97 bits per heavy atom. The summed E-state index contributed by atoms with van der Waals surface area (Å²) in [6.45, 7) is 3.76. The largest absolute Gasteiger partial charge is 0.368 e. The van der Waals surface area contributed by atoms with Gasteiger partial charge in [0, 0.05) is 23.9 Å². The van der Waals surface area contributed by atoms with E-state index in [1.165, 1.54) is 0 Å². The lowest BCUT2D eigenvalue weighted by molar-refractivity contribution is -0.118. The molecular formula is C24H25N3OS. The number of primary amides is 1. The number of thioether (sulfide) groups is 1. The van der Waals surface area contributed by atoms with E-state index in [0.29, 0.717) is 5.75 Å². The number of nitrogens with zero attached hydrogens (tertiary/aromatic N) is 2. The second kappa shape index (κ2) is 9.52. The van der Waals surface area contributed by atoms with Crippen LogP contribution in [0.2, 0.25) is 0 Å². The van der Waals surface area contributed by atoms with Gasteiger partial charge in [0.1, 0.15) is 6.04 Å². The molecule has 0 bridgehead atoms. The van der Waals surface area contributed by atoms with Crippen molar-refractivity contribution in [2.45, 2.75) is 24.6 Å². The summed E-state index contributed by atoms with van der Waals surface area (Å²) in [5.74, 6) is 0.0408. The number of nitrogens with two attached hydrogens (primary N) is 1. The zero-order valence-corrected chi connectivity index (χ0v) is 17.5. The van der Waals surface area contributed by atoms with Gasteiger partial charge >= 0.3 is 0 Å². The summed E-state index contributed by atoms with van der Waals surface area (Å²) in [4.78, 5) is 20.9. The van der Waals surface area contributed by atoms with Crippen LogP contribution < -0.4 is 5.73 Å². The summed E-state index contributed by atoms with van der Waals surface area (Å²) in [5.41, 5.74) is 9.77. The van der Waals surface area contributed by atoms with Gasteiger partial charge in [-0.25, -0.2) is 0 Å². The van der Waals surface area contributed by atoms with Crippen molar-refractivity contribution in [3.63, 3.8) is 0 Å². The molecule has 3 aromatic rings. The first-order valence-corrected chi connectivity index (χ1v) is 10.5. The maximum Gasteiger partial charge on any atom is 0.243 e. The Morgan fingerprint density at radius 2 is 1.52 bits per heavy atom. The van der Waals surface area contributed by atoms with Crippen LogP contribution in [-0.4, -0.2) is 28.4 Å². The van der Waals surface area contributed by atoms with E-state index in [2.05, 4.69) is 40.3 Å². The van der Waals surface area contributed by atoms with E-state index < -0.39 is 16.7 Å². The van der Waals surface area contributed by atoms with E-state index in [0.717, 1.165) is 22.4 Å². The third-order valence-electron chi connectivity index (χ3n) is 4.63. The molecule has 2 N–H and O–H groups in total. The third kappa shape index (κ3) is 4.74. The highest BCUT2D eigenvalue weighted by Crippen LogP contribution is 2.48. The average Bonchev–Trinajstić information content (AvgIpc) is 2.75. The second-order valence-electron chi connectivity index (χ2n) is 6.96. The molecule has 0 aliphatic heterocycles. The lowest BCUT2D eigenvalue weighted by atomic mass is 9.85. The first kappa shape index (κ1) is 20.8. The third-order valence-corrected chi connectivity index (χ3v) is 6.25. The number of carbonyl (C=O) groups is 1. The minimum Gasteiger partial charge on any atom is -0.368 e. The standard InChI is InChI=1S/C24H25N3OS/c1-18(2)27-22(23(25)28)17-29-24(19-10-5-3-6-11-19,20-12-7-4-8-13-20)21-14-9-15-26-16-21/h3-16,22H,17H2,1-2H3,(H2,25,28)/t22-/m0/s1. The Bertz CT molecular complexity index is 859. The Balaban J connectivity index is 2.17. The van der Waals surface area contributed by atoms with Gasteiger partial charge in [-0.2, -0.15) is 0 Å². The molecule has 0 radical (unpaired) electrons. The maximum atomic E-state index is 12.1. The highest BCUT2D eigenvalue weighted by Gasteiger charge is 2.38. The molecule has 3 rings (SSSR count). The van der Waals surface area contributed by atoms with E-state index >= 15 is 0 Å². The van der Waals surface area contributed by atoms with Crippen LogP contribution in [-0.2, 0) is 9.54 Å². The topological polar surface area (TPSA) is 68.3 Å². The number of amides is 1. The van der Waals surface area contributed by atoms with Gasteiger partial charge in [0.2, 0.25) is 5.91 Å². The molecule has 5 heteroatoms. The van der Waals surface area contributed by atoms with Crippen molar-refractivity contribution in [3.8, 4) is 0 Å². The van der Waals surface area contributed by atoms with E-state index in [-0.39, 0.29) is 0 Å². The van der Waals surface area contributed by atoms with Crippen LogP contribution in [0.15, 0.2) is 90.2 Å². The predicted molar refractivity (Wildman–Crippen MR) is 121 cm³/mol. The van der Waals surface area contributed by atoms with Crippen LogP contribution in [0.4, 0.5) is 0 Å². The maximum absolute atomic E-state index is 12.1. The molecule has 4 nitrogen and oxygen atoms in total. The number of rotatable bonds is 8. The molecular weight excluding hydrogens is 378 g/mol. The quantitative estimate of drug-likeness (QED) is 0.565. The fraction of sp³-hybridized carbons (Fsp3) is 0.208. The van der Waals surface area contributed by atoms with E-state index in [9.17, 15) is 4.79 Å². The van der Waals surface area contributed by atoms with Crippen LogP contribution in [0.25, 0.3) is 0 Å². The molecule has 1 heterocycles. The van der Waals surface area contributed by atoms with Gasteiger partial charge in [0.05, 0.1) is 4.75 Å². The first-order valence-electron chi connectivity index (χ1n) is 9.50. The lowest BCUT2D eigenvalue weighted by Gasteiger charge is -2.35. The Hall–Kier alpha value is -2.92. The molecule has 0 saturated heterocycles. The number of hydrogen-bond donors (Lipinski definition) is 1. The van der Waals surface area contributed by atoms with Gasteiger partial charge in [-0.05, 0) is 36.6 Å². The molecule has 1 atom stereocenters. The molecule has 148 valence electrons. The lowest BCUT2D eigenvalue weighted by Crippen LogP contribution is -2.33. The molecule has 0 aliphatic rings. The van der Waals surface area contributed by atoms with Crippen molar-refractivity contribution >= 4 is 23.4 Å². The van der Waals surface area contributed by atoms with Crippen molar-refractivity contribution in [3.05, 3.63) is 102 Å². The number of pyridine rings is 1. The van der Waals surface area contributed by atoms with E-state index in [1.807, 2.05) is 62.5 Å². The zero-order valence-electron chi connectivity index (χ0n) is 16.7. The number of aliphatic imine (C=N–C) groups is 1. The van der Waals surface area contributed by atoms with Crippen molar-refractivity contribution in [2.75, 3.05) is 5.75 Å². The van der Waals surface area contributed by atoms with Gasteiger partial charge in [0.15, 0.2) is 0 Å². The summed E-state index contributed by atoms with van der Waals surface area (Å²) >= 11 is 1.66. The van der Waals surface area contributed by atoms with E-state index in [1.54, 1.807) is 18.0 Å². The number of benzene rings is 2. The molecule has 1 aromatic heterocycles. The second-order valence-corrected chi connectivity index (χ2v) is 8.19. The number of aromatic nitrogens is 1. The van der Waals surface area contributed by atoms with Crippen molar-refractivity contribution < 1.29 is 4.79 Å². The van der Waals surface area contributed by atoms with Crippen molar-refractivity contribution in [1.82, 2.24) is 4.98 Å². The molecule has 0 unspecified atom stereocenters. The summed E-state index contributed by atoms with van der Waals surface area (Å²) in [6, 6.07) is 24.0. The van der Waals surface area contributed by atoms with Crippen molar-refractivity contribution in [1.29, 1.82) is 0 Å². The van der Waals surface area contributed by atoms with Crippen LogP contribution in [0.1, 0.15) is 30.5 Å². The SMILES string of the molecule is CC(C)=N[C@@H](CSC(c1ccccc1)(c1ccccc1)c1cccnc1)C(N)=O. The van der Waals surface area contributed by atoms with Gasteiger partial charge < -0.3 is 5.73 Å². The molecule has 0 spiro atoms. The van der Waals surface area contributed by atoms with Crippen molar-refractivity contribution in [2.24, 2.45) is 10.7 Å². The number of carbonyl (C=O) groups excluding carboxylic acids is 1. The molecule has 29 heavy (non-hydrogen) atoms. The minimum atomic E-state index is -0.589. The van der Waals surface area contributed by atoms with Gasteiger partial charge in [-0.3, -0.25) is 14.8 Å². The van der Waals surface area contributed by atoms with Crippen LogP contribution >= 0.6 is 11.8 Å². The predicted octanol–water partition coefficient (Wildman–Crippen LogP) is 4.44. The highest BCUT2D eigenvalue weighted by atomic mass is 32.2. The van der Waals surface area contributed by atoms with Crippen LogP contribution in [0.3, 0.4) is 0 Å². The summed E-state index contributed by atoms with van der Waals surface area (Å²) < 4.78 is -0.540. The van der Waals surface area contributed by atoms with Crippen LogP contribution in [0, 0.1) is 0 Å². The molecule has 0 aliphatic carbocycles. The fourth-order valence-electron chi connectivity index (χ4n) is 3.37. The zero-order chi connectivity index (χ0) is 20.7. The van der Waals surface area contributed by atoms with Gasteiger partial charge in [-0.1, -0.05) is 66.7 Å². The Morgan fingerprint density at radius 1 is 0.966 bits per heavy atom. The van der Waals surface area contributed by atoms with Gasteiger partial charge in [0.25, 0.3) is 0 Å². The molecule has 0 saturated carbocycles. The van der Waals surface area contributed by atoms with E-state index in [4.69, 9.17) is 5.73 Å². The summed E-state index contributed by atoms with van der Waals surface area (Å²) in [6.07, 6.45) is 3.66. The molecule has 1 amide bonds. The highest BCUT2D eigenvalue weighted by molar-refractivity contribution is 8.00. The minimum absolute atomic E-state index is 0.417. The molecule has 2 aromatic carbocycles. The Labute approximate surface area is 176 Å². The normalized spacial score (nSPS) is 12.2. The monoisotopic (exact) mass is 403 g/mol. The van der Waals surface area contributed by atoms with Crippen LogP contribution in [0.5, 0.6) is 0 Å². The average molecular weight is 404 g/mol. The molecule has 0 fully saturated rings. The smallest absolute Gasteiger partial charge is 0.243 e. The first-order chi connectivity index (χ1) is 14.0. The Kier molecular flexibility index (Phi) is 6.83. The van der Waals surface area contributed by atoms with Gasteiger partial charge in [-0.15, -0.1) is 11.8 Å². The fourth-order valence-corrected chi connectivity index (χ4v) is 4.90.